The Morgan fingerprint density at radius 1 is 0.800 bits per heavy atom. The molecule has 6 heteroatoms. The molecule has 6 saturated heterocycles. The summed E-state index contributed by atoms with van der Waals surface area (Å²) >= 11 is 0. The molecule has 0 amide bonds. The summed E-state index contributed by atoms with van der Waals surface area (Å²) in [4.78, 5) is 10.7. The van der Waals surface area contributed by atoms with Crippen molar-refractivity contribution >= 4 is 6.29 Å². The molecule has 0 saturated carbocycles. The maximum absolute atomic E-state index is 10.7. The fourth-order valence-electron chi connectivity index (χ4n) is 4.36. The lowest BCUT2D eigenvalue weighted by molar-refractivity contribution is -0.264. The number of aldehydes is 1. The molecule has 20 heavy (non-hydrogen) atoms. The van der Waals surface area contributed by atoms with E-state index >= 15 is 0 Å². The van der Waals surface area contributed by atoms with Crippen molar-refractivity contribution in [1.82, 2.24) is 0 Å². The Kier molecular flexibility index (Phi) is 2.56. The molecule has 6 fully saturated rings. The average molecular weight is 282 g/mol. The number of rotatable bonds is 2. The first-order chi connectivity index (χ1) is 9.83. The van der Waals surface area contributed by atoms with Crippen LogP contribution in [0.25, 0.3) is 0 Å². The highest BCUT2D eigenvalue weighted by molar-refractivity contribution is 5.50. The van der Waals surface area contributed by atoms with Crippen LogP contribution < -0.4 is 0 Å². The van der Waals surface area contributed by atoms with Crippen LogP contribution in [0.15, 0.2) is 0 Å². The van der Waals surface area contributed by atoms with E-state index in [9.17, 15) is 4.79 Å². The zero-order valence-electron chi connectivity index (χ0n) is 11.1. The maximum atomic E-state index is 10.7. The van der Waals surface area contributed by atoms with Gasteiger partial charge >= 0.3 is 0 Å². The van der Waals surface area contributed by atoms with Gasteiger partial charge in [-0.1, -0.05) is 0 Å². The highest BCUT2D eigenvalue weighted by Gasteiger charge is 2.64. The van der Waals surface area contributed by atoms with Gasteiger partial charge in [0.1, 0.15) is 36.8 Å². The van der Waals surface area contributed by atoms with Crippen LogP contribution in [0, 0.1) is 0 Å². The van der Waals surface area contributed by atoms with Gasteiger partial charge in [-0.3, -0.25) is 0 Å². The monoisotopic (exact) mass is 282 g/mol. The lowest BCUT2D eigenvalue weighted by Crippen LogP contribution is -2.61. The van der Waals surface area contributed by atoms with Gasteiger partial charge in [-0.25, -0.2) is 0 Å². The molecule has 6 aliphatic heterocycles. The first-order valence-corrected chi connectivity index (χ1v) is 7.54. The normalized spacial score (nSPS) is 59.3. The Bertz CT molecular complexity index is 428. The third-order valence-corrected chi connectivity index (χ3v) is 5.22. The molecular formula is C14H18O6. The van der Waals surface area contributed by atoms with Gasteiger partial charge in [0.25, 0.3) is 0 Å². The van der Waals surface area contributed by atoms with Crippen molar-refractivity contribution in [2.24, 2.45) is 0 Å². The second-order valence-electron chi connectivity index (χ2n) is 6.35. The van der Waals surface area contributed by atoms with E-state index in [0.29, 0.717) is 6.42 Å². The van der Waals surface area contributed by atoms with Crippen LogP contribution in [0.2, 0.25) is 0 Å². The summed E-state index contributed by atoms with van der Waals surface area (Å²) in [7, 11) is 0. The Hall–Kier alpha value is -0.530. The van der Waals surface area contributed by atoms with E-state index in [-0.39, 0.29) is 55.1 Å². The first kappa shape index (κ1) is 12.1. The van der Waals surface area contributed by atoms with Crippen LogP contribution in [-0.2, 0) is 28.5 Å². The van der Waals surface area contributed by atoms with E-state index in [1.165, 1.54) is 0 Å². The third kappa shape index (κ3) is 1.54. The van der Waals surface area contributed by atoms with Crippen LogP contribution in [-0.4, -0.2) is 61.4 Å². The van der Waals surface area contributed by atoms with Crippen molar-refractivity contribution in [3.63, 3.8) is 0 Å². The van der Waals surface area contributed by atoms with Crippen LogP contribution in [0.1, 0.15) is 25.7 Å². The molecule has 0 radical (unpaired) electrons. The van der Waals surface area contributed by atoms with Crippen LogP contribution in [0.4, 0.5) is 0 Å². The lowest BCUT2D eigenvalue weighted by Gasteiger charge is -2.46. The summed E-state index contributed by atoms with van der Waals surface area (Å²) in [5.41, 5.74) is 0. The maximum Gasteiger partial charge on any atom is 0.161 e. The number of carbonyl (C=O) groups excluding carboxylic acids is 1. The topological polar surface area (TPSA) is 63.2 Å². The van der Waals surface area contributed by atoms with Crippen molar-refractivity contribution in [1.29, 1.82) is 0 Å². The molecule has 6 rings (SSSR count). The molecule has 6 nitrogen and oxygen atoms in total. The molecule has 0 N–H and O–H groups in total. The molecule has 0 aromatic rings. The minimum Gasteiger partial charge on any atom is -0.369 e. The van der Waals surface area contributed by atoms with Gasteiger partial charge in [0.2, 0.25) is 0 Å². The minimum atomic E-state index is -0.192. The second-order valence-corrected chi connectivity index (χ2v) is 6.35. The van der Waals surface area contributed by atoms with Gasteiger partial charge in [-0.05, 0) is 12.8 Å². The van der Waals surface area contributed by atoms with Gasteiger partial charge in [0.15, 0.2) is 6.29 Å². The molecule has 6 bridgehead atoms. The fourth-order valence-corrected chi connectivity index (χ4v) is 4.36. The van der Waals surface area contributed by atoms with Crippen molar-refractivity contribution in [3.05, 3.63) is 0 Å². The molecular weight excluding hydrogens is 264 g/mol. The molecule has 110 valence electrons. The van der Waals surface area contributed by atoms with Gasteiger partial charge in [0.05, 0.1) is 18.3 Å². The van der Waals surface area contributed by atoms with Crippen LogP contribution in [0.5, 0.6) is 0 Å². The van der Waals surface area contributed by atoms with E-state index < -0.39 is 0 Å². The SMILES string of the molecule is O=CC[C@H]1CC[C@@H]2OC3C4O[C@@H]5C[C@H]4O[C@H]3[C@@H](O5)C2O1. The van der Waals surface area contributed by atoms with Crippen molar-refractivity contribution in [2.45, 2.75) is 80.8 Å². The summed E-state index contributed by atoms with van der Waals surface area (Å²) in [6.07, 6.45) is 3.49. The highest BCUT2D eigenvalue weighted by Crippen LogP contribution is 2.48. The first-order valence-electron chi connectivity index (χ1n) is 7.54. The van der Waals surface area contributed by atoms with Gasteiger partial charge in [0, 0.05) is 12.8 Å². The number of ether oxygens (including phenoxy) is 5. The van der Waals surface area contributed by atoms with E-state index in [1.54, 1.807) is 0 Å². The Labute approximate surface area is 116 Å². The third-order valence-electron chi connectivity index (χ3n) is 5.22. The van der Waals surface area contributed by atoms with Crippen molar-refractivity contribution in [3.8, 4) is 0 Å². The molecule has 6 heterocycles. The second kappa shape index (κ2) is 4.24. The van der Waals surface area contributed by atoms with Gasteiger partial charge in [-0.2, -0.15) is 0 Å². The molecule has 9 atom stereocenters. The quantitative estimate of drug-likeness (QED) is 0.673. The Morgan fingerprint density at radius 3 is 2.40 bits per heavy atom. The van der Waals surface area contributed by atoms with E-state index in [0.717, 1.165) is 25.5 Å². The van der Waals surface area contributed by atoms with Crippen molar-refractivity contribution < 1.29 is 28.5 Å². The molecule has 0 aromatic carbocycles. The lowest BCUT2D eigenvalue weighted by atomic mass is 9.87. The Morgan fingerprint density at radius 2 is 1.50 bits per heavy atom. The fraction of sp³-hybridized carbons (Fsp3) is 0.929. The molecule has 0 aliphatic carbocycles. The summed E-state index contributed by atoms with van der Waals surface area (Å²) in [6.45, 7) is 0. The predicted octanol–water partition coefficient (Wildman–Crippen LogP) is 0.172. The number of carbonyl (C=O) groups is 1. The Balaban J connectivity index is 1.45. The van der Waals surface area contributed by atoms with Crippen molar-refractivity contribution in [2.75, 3.05) is 0 Å². The number of hydrogen-bond acceptors (Lipinski definition) is 6. The zero-order valence-corrected chi connectivity index (χ0v) is 11.1. The summed E-state index contributed by atoms with van der Waals surface area (Å²) in [5.74, 6) is 0. The standard InChI is InChI=1S/C14H18O6/c15-4-3-6-1-2-7-10(16-6)13-14-12(17-7)11-8(18-14)5-9(19-11)20-13/h4,6-14H,1-3,5H2/t6-,7+,8-,9+,10?,11?,12?,13+,14-/m1/s1. The molecule has 0 spiro atoms. The molecule has 3 unspecified atom stereocenters. The van der Waals surface area contributed by atoms with E-state index in [4.69, 9.17) is 23.7 Å². The van der Waals surface area contributed by atoms with Crippen LogP contribution in [0.3, 0.4) is 0 Å². The van der Waals surface area contributed by atoms with Crippen LogP contribution >= 0.6 is 0 Å². The average Bonchev–Trinajstić information content (AvgIpc) is 2.85. The van der Waals surface area contributed by atoms with Gasteiger partial charge < -0.3 is 28.5 Å². The minimum absolute atomic E-state index is 0.0173. The highest BCUT2D eigenvalue weighted by atomic mass is 16.8. The summed E-state index contributed by atoms with van der Waals surface area (Å²) in [6, 6.07) is 0. The number of hydrogen-bond donors (Lipinski definition) is 0. The molecule has 0 aromatic heterocycles. The predicted molar refractivity (Wildman–Crippen MR) is 64.0 cm³/mol. The summed E-state index contributed by atoms with van der Waals surface area (Å²) in [5, 5.41) is 0. The summed E-state index contributed by atoms with van der Waals surface area (Å²) < 4.78 is 30.3. The number of fused-ring (bicyclic) bond motifs is 1. The zero-order chi connectivity index (χ0) is 13.3. The smallest absolute Gasteiger partial charge is 0.161 e. The van der Waals surface area contributed by atoms with E-state index in [2.05, 4.69) is 0 Å². The van der Waals surface area contributed by atoms with Gasteiger partial charge in [-0.15, -0.1) is 0 Å². The largest absolute Gasteiger partial charge is 0.369 e. The molecule has 6 aliphatic rings. The van der Waals surface area contributed by atoms with E-state index in [1.807, 2.05) is 0 Å².